The molecule has 2 aromatic rings. The molecule has 1 unspecified atom stereocenters. The Labute approximate surface area is 157 Å². The molecule has 0 spiro atoms. The van der Waals surface area contributed by atoms with Gasteiger partial charge in [-0.2, -0.15) is 0 Å². The number of aryl methyl sites for hydroxylation is 2. The lowest BCUT2D eigenvalue weighted by molar-refractivity contribution is 0.0500. The highest BCUT2D eigenvalue weighted by Crippen LogP contribution is 2.35. The molecule has 0 aliphatic rings. The van der Waals surface area contributed by atoms with Gasteiger partial charge in [-0.3, -0.25) is 4.21 Å². The van der Waals surface area contributed by atoms with E-state index in [1.807, 2.05) is 26.0 Å². The Hall–Kier alpha value is -1.89. The third-order valence-corrected chi connectivity index (χ3v) is 5.56. The SMILES string of the molecule is COCOc1ccc(Cc2c(C)cc(O)cc2C)cc1C(C)(C)S(=O)[O-]. The van der Waals surface area contributed by atoms with Gasteiger partial charge in [0.15, 0.2) is 6.79 Å². The number of phenols is 1. The Balaban J connectivity index is 2.47. The van der Waals surface area contributed by atoms with E-state index >= 15 is 0 Å². The fourth-order valence-corrected chi connectivity index (χ4v) is 3.29. The van der Waals surface area contributed by atoms with E-state index in [1.54, 1.807) is 32.0 Å². The van der Waals surface area contributed by atoms with Crippen LogP contribution in [0.4, 0.5) is 0 Å². The molecule has 0 fully saturated rings. The second-order valence-corrected chi connectivity index (χ2v) is 8.35. The van der Waals surface area contributed by atoms with Gasteiger partial charge in [0.05, 0.1) is 4.75 Å². The number of benzene rings is 2. The van der Waals surface area contributed by atoms with Crippen LogP contribution in [0.5, 0.6) is 11.5 Å². The van der Waals surface area contributed by atoms with E-state index in [0.717, 1.165) is 22.3 Å². The Morgan fingerprint density at radius 2 is 1.77 bits per heavy atom. The van der Waals surface area contributed by atoms with Crippen LogP contribution in [0.3, 0.4) is 0 Å². The van der Waals surface area contributed by atoms with Gasteiger partial charge >= 0.3 is 0 Å². The van der Waals surface area contributed by atoms with Gasteiger partial charge in [0, 0.05) is 12.7 Å². The maximum atomic E-state index is 11.7. The molecule has 0 aromatic heterocycles. The van der Waals surface area contributed by atoms with Crippen molar-refractivity contribution in [3.8, 4) is 11.5 Å². The standard InChI is InChI=1S/C20H26O5S/c1-13-8-16(21)9-14(2)17(13)10-15-6-7-19(25-12-24-5)18(11-15)20(3,4)26(22)23/h6-9,11,21H,10,12H2,1-5H3,(H,22,23)/p-1. The Morgan fingerprint density at radius 3 is 2.31 bits per heavy atom. The summed E-state index contributed by atoms with van der Waals surface area (Å²) in [6, 6.07) is 9.03. The Kier molecular flexibility index (Phi) is 6.44. The number of hydrogen-bond acceptors (Lipinski definition) is 5. The first kappa shape index (κ1) is 20.4. The molecule has 0 bridgehead atoms. The molecule has 6 heteroatoms. The fourth-order valence-electron chi connectivity index (χ4n) is 2.95. The average molecular weight is 377 g/mol. The zero-order valence-corrected chi connectivity index (χ0v) is 16.6. The summed E-state index contributed by atoms with van der Waals surface area (Å²) in [5.74, 6) is 0.736. The van der Waals surface area contributed by atoms with Gasteiger partial charge in [-0.15, -0.1) is 0 Å². The zero-order chi connectivity index (χ0) is 19.5. The van der Waals surface area contributed by atoms with Crippen molar-refractivity contribution < 1.29 is 23.3 Å². The first-order chi connectivity index (χ1) is 12.2. The van der Waals surface area contributed by atoms with Crippen LogP contribution in [0.25, 0.3) is 0 Å². The molecule has 0 radical (unpaired) electrons. The number of hydrogen-bond donors (Lipinski definition) is 1. The molecule has 5 nitrogen and oxygen atoms in total. The van der Waals surface area contributed by atoms with Crippen LogP contribution in [0.15, 0.2) is 30.3 Å². The van der Waals surface area contributed by atoms with Crippen molar-refractivity contribution in [1.29, 1.82) is 0 Å². The number of phenolic OH excluding ortho intramolecular Hbond substituents is 1. The number of ether oxygens (including phenoxy) is 2. The minimum Gasteiger partial charge on any atom is -0.772 e. The largest absolute Gasteiger partial charge is 0.772 e. The maximum Gasteiger partial charge on any atom is 0.188 e. The van der Waals surface area contributed by atoms with E-state index in [2.05, 4.69) is 0 Å². The summed E-state index contributed by atoms with van der Waals surface area (Å²) in [5.41, 5.74) is 4.67. The van der Waals surface area contributed by atoms with Crippen molar-refractivity contribution in [2.24, 2.45) is 0 Å². The van der Waals surface area contributed by atoms with E-state index in [1.165, 1.54) is 7.11 Å². The third-order valence-electron chi connectivity index (χ3n) is 4.50. The second kappa shape index (κ2) is 8.20. The van der Waals surface area contributed by atoms with Crippen molar-refractivity contribution in [3.63, 3.8) is 0 Å². The number of rotatable bonds is 7. The Morgan fingerprint density at radius 1 is 1.15 bits per heavy atom. The number of aromatic hydroxyl groups is 1. The van der Waals surface area contributed by atoms with Crippen molar-refractivity contribution >= 4 is 11.1 Å². The fraction of sp³-hybridized carbons (Fsp3) is 0.400. The predicted octanol–water partition coefficient (Wildman–Crippen LogP) is 3.70. The first-order valence-electron chi connectivity index (χ1n) is 8.30. The molecule has 0 aliphatic carbocycles. The zero-order valence-electron chi connectivity index (χ0n) is 15.8. The molecule has 0 amide bonds. The van der Waals surface area contributed by atoms with Crippen molar-refractivity contribution in [2.45, 2.75) is 38.9 Å². The molecule has 0 aliphatic heterocycles. The summed E-state index contributed by atoms with van der Waals surface area (Å²) in [5, 5.41) is 9.72. The van der Waals surface area contributed by atoms with E-state index in [-0.39, 0.29) is 12.5 Å². The molecular weight excluding hydrogens is 352 g/mol. The minimum absolute atomic E-state index is 0.0457. The predicted molar refractivity (Wildman–Crippen MR) is 101 cm³/mol. The molecule has 2 aromatic carbocycles. The van der Waals surface area contributed by atoms with E-state index in [9.17, 15) is 13.9 Å². The van der Waals surface area contributed by atoms with Gasteiger partial charge in [-0.25, -0.2) is 0 Å². The van der Waals surface area contributed by atoms with Gasteiger partial charge in [0.1, 0.15) is 11.5 Å². The molecule has 26 heavy (non-hydrogen) atoms. The highest BCUT2D eigenvalue weighted by molar-refractivity contribution is 7.80. The maximum absolute atomic E-state index is 11.7. The van der Waals surface area contributed by atoms with Gasteiger partial charge < -0.3 is 19.1 Å². The van der Waals surface area contributed by atoms with Crippen LogP contribution < -0.4 is 4.74 Å². The van der Waals surface area contributed by atoms with E-state index < -0.39 is 15.8 Å². The summed E-state index contributed by atoms with van der Waals surface area (Å²) in [6.07, 6.45) is 0.636. The van der Waals surface area contributed by atoms with Crippen LogP contribution in [-0.4, -0.2) is 27.8 Å². The van der Waals surface area contributed by atoms with Gasteiger partial charge in [-0.05, 0) is 85.6 Å². The molecule has 0 saturated heterocycles. The molecule has 0 heterocycles. The lowest BCUT2D eigenvalue weighted by atomic mass is 9.92. The summed E-state index contributed by atoms with van der Waals surface area (Å²) in [6.45, 7) is 7.24. The van der Waals surface area contributed by atoms with Crippen LogP contribution in [0.1, 0.15) is 41.7 Å². The summed E-state index contributed by atoms with van der Waals surface area (Å²) >= 11 is -2.31. The van der Waals surface area contributed by atoms with Crippen molar-refractivity contribution in [2.75, 3.05) is 13.9 Å². The van der Waals surface area contributed by atoms with Gasteiger partial charge in [0.2, 0.25) is 0 Å². The average Bonchev–Trinajstić information content (AvgIpc) is 2.56. The van der Waals surface area contributed by atoms with Gasteiger partial charge in [-0.1, -0.05) is 12.1 Å². The normalized spacial score (nSPS) is 12.8. The van der Waals surface area contributed by atoms with Crippen LogP contribution in [-0.2, 0) is 27.0 Å². The highest BCUT2D eigenvalue weighted by Gasteiger charge is 2.26. The summed E-state index contributed by atoms with van der Waals surface area (Å²) in [4.78, 5) is 0. The van der Waals surface area contributed by atoms with E-state index in [4.69, 9.17) is 9.47 Å². The topological polar surface area (TPSA) is 78.8 Å². The van der Waals surface area contributed by atoms with Crippen LogP contribution in [0, 0.1) is 13.8 Å². The van der Waals surface area contributed by atoms with Crippen molar-refractivity contribution in [3.05, 3.63) is 58.1 Å². The lowest BCUT2D eigenvalue weighted by Crippen LogP contribution is -2.25. The lowest BCUT2D eigenvalue weighted by Gasteiger charge is -2.30. The smallest absolute Gasteiger partial charge is 0.188 e. The first-order valence-corrected chi connectivity index (χ1v) is 9.38. The summed E-state index contributed by atoms with van der Waals surface area (Å²) < 4.78 is 32.9. The van der Waals surface area contributed by atoms with Crippen LogP contribution in [0.2, 0.25) is 0 Å². The second-order valence-electron chi connectivity index (χ2n) is 6.86. The van der Waals surface area contributed by atoms with E-state index in [0.29, 0.717) is 17.7 Å². The van der Waals surface area contributed by atoms with Crippen LogP contribution >= 0.6 is 0 Å². The molecule has 142 valence electrons. The highest BCUT2D eigenvalue weighted by atomic mass is 32.2. The van der Waals surface area contributed by atoms with Gasteiger partial charge in [0.25, 0.3) is 0 Å². The third kappa shape index (κ3) is 4.44. The molecule has 0 saturated carbocycles. The molecule has 1 N–H and O–H groups in total. The monoisotopic (exact) mass is 377 g/mol. The molecule has 2 rings (SSSR count). The minimum atomic E-state index is -2.31. The molecule has 1 atom stereocenters. The molecular formula is C20H25O5S-. The summed E-state index contributed by atoms with van der Waals surface area (Å²) in [7, 11) is 1.52. The quantitative estimate of drug-likeness (QED) is 0.588. The Bertz CT molecular complexity index is 791. The number of methoxy groups -OCH3 is 1. The van der Waals surface area contributed by atoms with Crippen molar-refractivity contribution in [1.82, 2.24) is 0 Å².